The highest BCUT2D eigenvalue weighted by Gasteiger charge is 2.47. The number of amides is 1. The molecule has 13 heteroatoms. The summed E-state index contributed by atoms with van der Waals surface area (Å²) in [6.45, 7) is 9.49. The molecule has 2 aromatic rings. The topological polar surface area (TPSA) is 132 Å². The van der Waals surface area contributed by atoms with Crippen molar-refractivity contribution < 1.29 is 37.0 Å². The van der Waals surface area contributed by atoms with Crippen LogP contribution in [0.2, 0.25) is 0 Å². The molecule has 1 N–H and O–H groups in total. The van der Waals surface area contributed by atoms with E-state index in [2.05, 4.69) is 29.0 Å². The van der Waals surface area contributed by atoms with E-state index >= 15 is 0 Å². The summed E-state index contributed by atoms with van der Waals surface area (Å²) >= 11 is 1.44. The van der Waals surface area contributed by atoms with Crippen LogP contribution < -0.4 is 14.8 Å². The number of carbonyl (C=O) groups is 3. The van der Waals surface area contributed by atoms with Gasteiger partial charge < -0.3 is 19.5 Å². The average Bonchev–Trinajstić information content (AvgIpc) is 3.86. The lowest BCUT2D eigenvalue weighted by atomic mass is 9.97. The van der Waals surface area contributed by atoms with Crippen LogP contribution in [-0.2, 0) is 29.0 Å². The van der Waals surface area contributed by atoms with Crippen molar-refractivity contribution in [2.45, 2.75) is 219 Å². The number of ketones is 2. The number of nitrogens with zero attached hydrogens (tertiary/aromatic N) is 2. The van der Waals surface area contributed by atoms with Crippen molar-refractivity contribution in [3.8, 4) is 11.5 Å². The first-order valence-electron chi connectivity index (χ1n) is 27.5. The Morgan fingerprint density at radius 3 is 1.68 bits per heavy atom. The molecule has 3 atom stereocenters. The van der Waals surface area contributed by atoms with E-state index in [1.807, 2.05) is 24.4 Å². The fourth-order valence-electron chi connectivity index (χ4n) is 10.4. The predicted octanol–water partition coefficient (Wildman–Crippen LogP) is 13.7. The van der Waals surface area contributed by atoms with Crippen LogP contribution in [-0.4, -0.2) is 94.3 Å². The van der Waals surface area contributed by atoms with Crippen LogP contribution in [0.1, 0.15) is 235 Å². The van der Waals surface area contributed by atoms with Gasteiger partial charge in [-0.05, 0) is 48.4 Å². The number of nitrogens with one attached hydrogen (secondary N) is 1. The molecule has 1 aromatic carbocycles. The number of Topliss-reactive ketones (excluding diaryl/α,β-unsaturated/α-hetero) is 2. The molecule has 0 bridgehead atoms. The van der Waals surface area contributed by atoms with Gasteiger partial charge in [-0.3, -0.25) is 24.2 Å². The summed E-state index contributed by atoms with van der Waals surface area (Å²) in [5.41, 5.74) is 2.43. The van der Waals surface area contributed by atoms with Gasteiger partial charge in [0.1, 0.15) is 26.4 Å². The van der Waals surface area contributed by atoms with Gasteiger partial charge in [-0.2, -0.15) is 0 Å². The number of unbranched alkanes of at least 4 members (excludes halogenated alkanes) is 22. The van der Waals surface area contributed by atoms with E-state index < -0.39 is 28.0 Å². The Morgan fingerprint density at radius 1 is 0.710 bits per heavy atom. The minimum Gasteiger partial charge on any atom is -0.493 e. The maximum atomic E-state index is 14.3. The van der Waals surface area contributed by atoms with Gasteiger partial charge in [0.15, 0.2) is 11.5 Å². The molecule has 3 unspecified atom stereocenters. The number of carbonyl (C=O) groups excluding carboxylic acids is 3. The standard InChI is InChI=1S/C56H93N3O8S2/c1-6-9-11-13-15-17-19-21-23-25-27-29-31-46(60)40-49-48-43-68-56(57-54(62)42-58-35-37-66-38-36-58)55(48)50(41-47(61)32-30-28-26-24-22-20-18-16-14-12-10-7-2)59(49)51(44-69(5,63)64)45-33-34-52(65-4)53(39-45)67-8-3/h33-34,39,43,49-51H,6-32,35-38,40-42,44H2,1-5H3,(H,57,62). The Labute approximate surface area is 422 Å². The second kappa shape index (κ2) is 33.7. The zero-order valence-corrected chi connectivity index (χ0v) is 45.4. The number of methoxy groups -OCH3 is 1. The fraction of sp³-hybridized carbons (Fsp3) is 0.768. The molecule has 1 saturated heterocycles. The number of sulfone groups is 1. The number of thiophene rings is 1. The fourth-order valence-corrected chi connectivity index (χ4v) is 12.4. The molecule has 0 radical (unpaired) electrons. The number of morpholine rings is 1. The summed E-state index contributed by atoms with van der Waals surface area (Å²) in [5, 5.41) is 5.92. The molecule has 69 heavy (non-hydrogen) atoms. The highest BCUT2D eigenvalue weighted by Crippen LogP contribution is 2.55. The van der Waals surface area contributed by atoms with Crippen molar-refractivity contribution in [1.82, 2.24) is 9.80 Å². The summed E-state index contributed by atoms with van der Waals surface area (Å²) in [5.74, 6) is 0.881. The number of fused-ring (bicyclic) bond motifs is 1. The summed E-state index contributed by atoms with van der Waals surface area (Å²) in [7, 11) is -2.03. The number of hydrogen-bond donors (Lipinski definition) is 1. The molecule has 1 aromatic heterocycles. The second-order valence-electron chi connectivity index (χ2n) is 20.1. The summed E-state index contributed by atoms with van der Waals surface area (Å²) in [6.07, 6.45) is 31.5. The van der Waals surface area contributed by atoms with Crippen molar-refractivity contribution >= 4 is 43.6 Å². The Morgan fingerprint density at radius 2 is 1.20 bits per heavy atom. The third kappa shape index (κ3) is 21.8. The zero-order chi connectivity index (χ0) is 49.7. The van der Waals surface area contributed by atoms with Gasteiger partial charge in [-0.15, -0.1) is 11.3 Å². The number of ether oxygens (including phenoxy) is 3. The number of benzene rings is 1. The SMILES string of the molecule is CCCCCCCCCCCCCCC(=O)CC1c2csc(NC(=O)CN3CCOCC3)c2C(CC(=O)CCCCCCCCCCCCCC)N1C(CS(C)(=O)=O)c1ccc(OC)c(OCC)c1. The Bertz CT molecular complexity index is 1880. The van der Waals surface area contributed by atoms with E-state index in [1.54, 1.807) is 13.2 Å². The zero-order valence-electron chi connectivity index (χ0n) is 43.8. The van der Waals surface area contributed by atoms with E-state index in [0.29, 0.717) is 67.8 Å². The number of hydrogen-bond acceptors (Lipinski definition) is 11. The van der Waals surface area contributed by atoms with Gasteiger partial charge in [-0.1, -0.05) is 161 Å². The molecular formula is C56H93N3O8S2. The lowest BCUT2D eigenvalue weighted by molar-refractivity contribution is -0.122. The first-order chi connectivity index (χ1) is 33.5. The second-order valence-corrected chi connectivity index (χ2v) is 23.1. The van der Waals surface area contributed by atoms with E-state index in [9.17, 15) is 22.8 Å². The van der Waals surface area contributed by atoms with Crippen LogP contribution in [0.15, 0.2) is 23.6 Å². The van der Waals surface area contributed by atoms with Crippen LogP contribution in [0.5, 0.6) is 11.5 Å². The molecule has 11 nitrogen and oxygen atoms in total. The molecule has 0 aliphatic carbocycles. The predicted molar refractivity (Wildman–Crippen MR) is 285 cm³/mol. The molecule has 2 aliphatic heterocycles. The van der Waals surface area contributed by atoms with Crippen molar-refractivity contribution in [1.29, 1.82) is 0 Å². The molecule has 1 amide bonds. The van der Waals surface area contributed by atoms with E-state index in [-0.39, 0.29) is 42.6 Å². The van der Waals surface area contributed by atoms with Crippen LogP contribution >= 0.6 is 11.3 Å². The third-order valence-electron chi connectivity index (χ3n) is 14.1. The van der Waals surface area contributed by atoms with Gasteiger partial charge in [0.05, 0.1) is 45.3 Å². The minimum absolute atomic E-state index is 0.103. The lowest BCUT2D eigenvalue weighted by Gasteiger charge is -2.38. The van der Waals surface area contributed by atoms with Gasteiger partial charge in [0.25, 0.3) is 0 Å². The van der Waals surface area contributed by atoms with Crippen molar-refractivity contribution in [3.05, 3.63) is 40.3 Å². The first kappa shape index (κ1) is 58.7. The van der Waals surface area contributed by atoms with E-state index in [0.717, 1.165) is 49.7 Å². The Kier molecular flexibility index (Phi) is 28.7. The van der Waals surface area contributed by atoms with E-state index in [4.69, 9.17) is 14.2 Å². The van der Waals surface area contributed by atoms with Crippen LogP contribution in [0.4, 0.5) is 5.00 Å². The maximum absolute atomic E-state index is 14.3. The lowest BCUT2D eigenvalue weighted by Crippen LogP contribution is -2.41. The van der Waals surface area contributed by atoms with Crippen molar-refractivity contribution in [2.24, 2.45) is 0 Å². The molecular weight excluding hydrogens is 907 g/mol. The third-order valence-corrected chi connectivity index (χ3v) is 16.0. The molecule has 0 spiro atoms. The molecule has 2 aliphatic rings. The van der Waals surface area contributed by atoms with Crippen molar-refractivity contribution in [3.63, 3.8) is 0 Å². The average molecular weight is 1000 g/mol. The van der Waals surface area contributed by atoms with Gasteiger partial charge in [0, 0.05) is 62.7 Å². The Hall–Kier alpha value is -2.84. The van der Waals surface area contributed by atoms with Crippen molar-refractivity contribution in [2.75, 3.05) is 63.9 Å². The Balaban J connectivity index is 1.58. The normalized spacial score (nSPS) is 16.9. The van der Waals surface area contributed by atoms with Gasteiger partial charge >= 0.3 is 0 Å². The summed E-state index contributed by atoms with van der Waals surface area (Å²) < 4.78 is 44.3. The number of rotatable bonds is 40. The smallest absolute Gasteiger partial charge is 0.239 e. The van der Waals surface area contributed by atoms with Crippen LogP contribution in [0.3, 0.4) is 0 Å². The first-order valence-corrected chi connectivity index (χ1v) is 30.4. The summed E-state index contributed by atoms with van der Waals surface area (Å²) in [4.78, 5) is 46.6. The highest BCUT2D eigenvalue weighted by molar-refractivity contribution is 7.90. The van der Waals surface area contributed by atoms with E-state index in [1.165, 1.54) is 133 Å². The van der Waals surface area contributed by atoms with Crippen LogP contribution in [0, 0.1) is 0 Å². The molecule has 1 fully saturated rings. The molecule has 392 valence electrons. The summed E-state index contributed by atoms with van der Waals surface area (Å²) in [6, 6.07) is 3.74. The molecule has 3 heterocycles. The monoisotopic (exact) mass is 1000 g/mol. The minimum atomic E-state index is -3.61. The number of anilines is 1. The van der Waals surface area contributed by atoms with Gasteiger partial charge in [0.2, 0.25) is 5.91 Å². The highest BCUT2D eigenvalue weighted by atomic mass is 32.2. The maximum Gasteiger partial charge on any atom is 0.239 e. The van der Waals surface area contributed by atoms with Gasteiger partial charge in [-0.25, -0.2) is 8.42 Å². The largest absolute Gasteiger partial charge is 0.493 e. The quantitative estimate of drug-likeness (QED) is 0.0644. The molecule has 4 rings (SSSR count). The van der Waals surface area contributed by atoms with Crippen LogP contribution in [0.25, 0.3) is 0 Å². The molecule has 0 saturated carbocycles.